The number of aryl methyl sites for hydroxylation is 1. The van der Waals surface area contributed by atoms with E-state index in [0.717, 1.165) is 12.0 Å². The molecule has 1 fully saturated rings. The topological polar surface area (TPSA) is 58.9 Å². The number of ether oxygens (including phenoxy) is 1. The number of benzene rings is 2. The summed E-state index contributed by atoms with van der Waals surface area (Å²) in [6.45, 7) is 4.46. The summed E-state index contributed by atoms with van der Waals surface area (Å²) >= 11 is 12.2. The lowest BCUT2D eigenvalue weighted by Gasteiger charge is -2.12. The zero-order chi connectivity index (χ0) is 19.6. The van der Waals surface area contributed by atoms with E-state index >= 15 is 0 Å². The SMILES string of the molecule is CCOC(=O)[C@@H]1C[C@@H]1CN=C(c1ccc(Cl)cc1)c1cc(Cl)cc(C)c1O. The number of phenolic OH excluding ortho intramolecular Hbond substituents is 1. The van der Waals surface area contributed by atoms with E-state index in [0.29, 0.717) is 40.0 Å². The van der Waals surface area contributed by atoms with Crippen molar-refractivity contribution in [2.75, 3.05) is 13.2 Å². The fourth-order valence-electron chi connectivity index (χ4n) is 3.05. The van der Waals surface area contributed by atoms with E-state index in [-0.39, 0.29) is 23.6 Å². The molecule has 0 aliphatic heterocycles. The maximum atomic E-state index is 11.8. The molecule has 1 aliphatic rings. The van der Waals surface area contributed by atoms with Crippen LogP contribution in [0, 0.1) is 18.8 Å². The second kappa shape index (κ2) is 8.32. The highest BCUT2D eigenvalue weighted by molar-refractivity contribution is 6.32. The fraction of sp³-hybridized carbons (Fsp3) is 0.333. The van der Waals surface area contributed by atoms with Gasteiger partial charge in [0, 0.05) is 27.7 Å². The van der Waals surface area contributed by atoms with E-state index in [1.807, 2.05) is 12.1 Å². The minimum Gasteiger partial charge on any atom is -0.507 e. The standard InChI is InChI=1S/C21H21Cl2NO3/c1-3-27-21(26)17-9-14(17)11-24-19(13-4-6-15(22)7-5-13)18-10-16(23)8-12(2)20(18)25/h4-8,10,14,17,25H,3,9,11H2,1-2H3/t14-,17-/m1/s1. The number of phenols is 1. The Kier molecular flexibility index (Phi) is 6.08. The molecule has 4 nitrogen and oxygen atoms in total. The predicted octanol–water partition coefficient (Wildman–Crippen LogP) is 5.04. The summed E-state index contributed by atoms with van der Waals surface area (Å²) in [5.41, 5.74) is 2.69. The summed E-state index contributed by atoms with van der Waals surface area (Å²) in [5.74, 6) is 0.0571. The number of hydrogen-bond donors (Lipinski definition) is 1. The van der Waals surface area contributed by atoms with Crippen molar-refractivity contribution >= 4 is 34.9 Å². The number of aliphatic imine (C=N–C) groups is 1. The van der Waals surface area contributed by atoms with Crippen LogP contribution in [-0.4, -0.2) is 29.9 Å². The number of aromatic hydroxyl groups is 1. The van der Waals surface area contributed by atoms with Crippen molar-refractivity contribution in [1.29, 1.82) is 0 Å². The second-order valence-electron chi connectivity index (χ2n) is 6.67. The van der Waals surface area contributed by atoms with Crippen LogP contribution >= 0.6 is 23.2 Å². The quantitative estimate of drug-likeness (QED) is 0.540. The summed E-state index contributed by atoms with van der Waals surface area (Å²) in [4.78, 5) is 16.6. The third-order valence-electron chi connectivity index (χ3n) is 4.63. The third kappa shape index (κ3) is 4.63. The number of halogens is 2. The molecule has 0 heterocycles. The van der Waals surface area contributed by atoms with Gasteiger partial charge in [0.25, 0.3) is 0 Å². The molecule has 0 radical (unpaired) electrons. The third-order valence-corrected chi connectivity index (χ3v) is 5.10. The molecular weight excluding hydrogens is 385 g/mol. The highest BCUT2D eigenvalue weighted by Crippen LogP contribution is 2.40. The lowest BCUT2D eigenvalue weighted by molar-refractivity contribution is -0.145. The van der Waals surface area contributed by atoms with Crippen LogP contribution in [0.25, 0.3) is 0 Å². The monoisotopic (exact) mass is 405 g/mol. The van der Waals surface area contributed by atoms with Gasteiger partial charge >= 0.3 is 5.97 Å². The normalized spacial score (nSPS) is 19.0. The lowest BCUT2D eigenvalue weighted by Crippen LogP contribution is -2.10. The van der Waals surface area contributed by atoms with Crippen LogP contribution < -0.4 is 0 Å². The summed E-state index contributed by atoms with van der Waals surface area (Å²) in [5, 5.41) is 11.7. The molecule has 0 unspecified atom stereocenters. The van der Waals surface area contributed by atoms with Crippen molar-refractivity contribution in [2.45, 2.75) is 20.3 Å². The number of nitrogens with zero attached hydrogens (tertiary/aromatic N) is 1. The average molecular weight is 406 g/mol. The fourth-order valence-corrected chi connectivity index (χ4v) is 3.45. The van der Waals surface area contributed by atoms with Gasteiger partial charge in [0.2, 0.25) is 0 Å². The van der Waals surface area contributed by atoms with E-state index in [2.05, 4.69) is 0 Å². The summed E-state index contributed by atoms with van der Waals surface area (Å²) in [6, 6.07) is 10.7. The van der Waals surface area contributed by atoms with Crippen LogP contribution in [0.3, 0.4) is 0 Å². The first-order valence-electron chi connectivity index (χ1n) is 8.87. The van der Waals surface area contributed by atoms with Gasteiger partial charge in [-0.2, -0.15) is 0 Å². The molecule has 2 atom stereocenters. The lowest BCUT2D eigenvalue weighted by atomic mass is 9.99. The van der Waals surface area contributed by atoms with E-state index < -0.39 is 0 Å². The van der Waals surface area contributed by atoms with Crippen LogP contribution in [0.1, 0.15) is 30.0 Å². The minimum atomic E-state index is -0.160. The molecule has 0 spiro atoms. The highest BCUT2D eigenvalue weighted by atomic mass is 35.5. The van der Waals surface area contributed by atoms with Crippen molar-refractivity contribution in [3.63, 3.8) is 0 Å². The molecule has 0 saturated heterocycles. The number of rotatable bonds is 6. The van der Waals surface area contributed by atoms with Crippen molar-refractivity contribution in [3.05, 3.63) is 63.1 Å². The number of carbonyl (C=O) groups is 1. The van der Waals surface area contributed by atoms with Crippen LogP contribution in [0.4, 0.5) is 0 Å². The Morgan fingerprint density at radius 3 is 2.59 bits per heavy atom. The first kappa shape index (κ1) is 19.7. The van der Waals surface area contributed by atoms with Crippen molar-refractivity contribution in [3.8, 4) is 5.75 Å². The van der Waals surface area contributed by atoms with Gasteiger partial charge < -0.3 is 9.84 Å². The molecule has 0 aromatic heterocycles. The molecule has 0 amide bonds. The first-order valence-corrected chi connectivity index (χ1v) is 9.62. The zero-order valence-electron chi connectivity index (χ0n) is 15.2. The summed E-state index contributed by atoms with van der Waals surface area (Å²) in [6.07, 6.45) is 0.775. The van der Waals surface area contributed by atoms with Crippen molar-refractivity contribution < 1.29 is 14.6 Å². The predicted molar refractivity (Wildman–Crippen MR) is 108 cm³/mol. The molecule has 2 aromatic carbocycles. The molecular formula is C21H21Cl2NO3. The zero-order valence-corrected chi connectivity index (χ0v) is 16.7. The Balaban J connectivity index is 1.92. The molecule has 0 bridgehead atoms. The van der Waals surface area contributed by atoms with Crippen LogP contribution in [0.2, 0.25) is 10.0 Å². The maximum Gasteiger partial charge on any atom is 0.309 e. The Hall–Kier alpha value is -2.04. The molecule has 142 valence electrons. The number of esters is 1. The minimum absolute atomic E-state index is 0.0881. The Morgan fingerprint density at radius 1 is 1.22 bits per heavy atom. The van der Waals surface area contributed by atoms with Crippen LogP contribution in [0.5, 0.6) is 5.75 Å². The molecule has 1 N–H and O–H groups in total. The smallest absolute Gasteiger partial charge is 0.309 e. The van der Waals surface area contributed by atoms with Crippen LogP contribution in [-0.2, 0) is 9.53 Å². The number of carbonyl (C=O) groups excluding carboxylic acids is 1. The van der Waals surface area contributed by atoms with Gasteiger partial charge in [0.15, 0.2) is 0 Å². The first-order chi connectivity index (χ1) is 12.9. The van der Waals surface area contributed by atoms with Crippen molar-refractivity contribution in [2.24, 2.45) is 16.8 Å². The Morgan fingerprint density at radius 2 is 1.93 bits per heavy atom. The largest absolute Gasteiger partial charge is 0.507 e. The average Bonchev–Trinajstić information content (AvgIpc) is 3.40. The number of hydrogen-bond acceptors (Lipinski definition) is 4. The van der Waals surface area contributed by atoms with Gasteiger partial charge in [-0.3, -0.25) is 9.79 Å². The maximum absolute atomic E-state index is 11.8. The molecule has 27 heavy (non-hydrogen) atoms. The molecule has 3 rings (SSSR count). The van der Waals surface area contributed by atoms with E-state index in [1.54, 1.807) is 38.1 Å². The molecule has 1 aliphatic carbocycles. The van der Waals surface area contributed by atoms with Gasteiger partial charge in [-0.05, 0) is 56.0 Å². The van der Waals surface area contributed by atoms with E-state index in [4.69, 9.17) is 32.9 Å². The summed E-state index contributed by atoms with van der Waals surface area (Å²) in [7, 11) is 0. The van der Waals surface area contributed by atoms with Gasteiger partial charge in [-0.25, -0.2) is 0 Å². The molecule has 6 heteroatoms. The molecule has 1 saturated carbocycles. The highest BCUT2D eigenvalue weighted by Gasteiger charge is 2.43. The van der Waals surface area contributed by atoms with Gasteiger partial charge in [0.05, 0.1) is 18.2 Å². The molecule has 2 aromatic rings. The van der Waals surface area contributed by atoms with E-state index in [1.165, 1.54) is 0 Å². The van der Waals surface area contributed by atoms with Crippen LogP contribution in [0.15, 0.2) is 41.4 Å². The second-order valence-corrected chi connectivity index (χ2v) is 7.54. The van der Waals surface area contributed by atoms with Gasteiger partial charge in [-0.1, -0.05) is 35.3 Å². The Labute approximate surface area is 168 Å². The Bertz CT molecular complexity index is 878. The summed E-state index contributed by atoms with van der Waals surface area (Å²) < 4.78 is 5.08. The van der Waals surface area contributed by atoms with Gasteiger partial charge in [-0.15, -0.1) is 0 Å². The van der Waals surface area contributed by atoms with Gasteiger partial charge in [0.1, 0.15) is 5.75 Å². The van der Waals surface area contributed by atoms with Crippen molar-refractivity contribution in [1.82, 2.24) is 0 Å². The van der Waals surface area contributed by atoms with E-state index in [9.17, 15) is 9.90 Å².